The van der Waals surface area contributed by atoms with Gasteiger partial charge in [0.25, 0.3) is 0 Å². The molecule has 0 spiro atoms. The Kier molecular flexibility index (Phi) is 6.44. The molecular formula is C13H23NP4. The number of hydrogen-bond acceptors (Lipinski definition) is 1. The van der Waals surface area contributed by atoms with Gasteiger partial charge in [-0.2, -0.15) is 0 Å². The van der Waals surface area contributed by atoms with Gasteiger partial charge in [-0.05, 0) is 48.0 Å². The van der Waals surface area contributed by atoms with Crippen molar-refractivity contribution in [2.24, 2.45) is 5.92 Å². The van der Waals surface area contributed by atoms with E-state index in [1.807, 2.05) is 6.20 Å². The minimum atomic E-state index is 0.110. The molecule has 1 aromatic heterocycles. The molecular weight excluding hydrogens is 294 g/mol. The standard InChI is InChI=1S/C13H23NP4/c1-2-3-4-11-7-12-9-14-6-5-10(12)8-13(11)18(16)17-15/h5-6,9,11,13,17H,2-4,7-8,15-16H2,1H3/t11-,13+,18?/m1/s1. The third-order valence-corrected chi connectivity index (χ3v) is 15.3. The molecule has 0 aromatic carbocycles. The number of unbranched alkanes of at least 4 members (excludes halogenated alkanes) is 1. The van der Waals surface area contributed by atoms with Crippen LogP contribution in [0.1, 0.15) is 37.3 Å². The molecule has 0 fully saturated rings. The van der Waals surface area contributed by atoms with E-state index < -0.39 is 0 Å². The lowest BCUT2D eigenvalue weighted by atomic mass is 9.82. The third kappa shape index (κ3) is 3.70. The summed E-state index contributed by atoms with van der Waals surface area (Å²) in [4.78, 5) is 4.30. The molecule has 6 atom stereocenters. The highest BCUT2D eigenvalue weighted by Crippen LogP contribution is 2.71. The van der Waals surface area contributed by atoms with Crippen LogP contribution < -0.4 is 0 Å². The normalized spacial score (nSPS) is 25.3. The Balaban J connectivity index is 2.16. The first-order valence-corrected chi connectivity index (χ1v) is 13.4. The van der Waals surface area contributed by atoms with Gasteiger partial charge in [0.1, 0.15) is 0 Å². The lowest BCUT2D eigenvalue weighted by Gasteiger charge is -2.36. The Morgan fingerprint density at radius 3 is 3.00 bits per heavy atom. The molecule has 5 heteroatoms. The van der Waals surface area contributed by atoms with Crippen molar-refractivity contribution in [1.82, 2.24) is 4.98 Å². The highest BCUT2D eigenvalue weighted by Gasteiger charge is 2.31. The molecule has 1 nitrogen and oxygen atoms in total. The lowest BCUT2D eigenvalue weighted by Crippen LogP contribution is -2.27. The van der Waals surface area contributed by atoms with Crippen LogP contribution in [-0.2, 0) is 12.8 Å². The van der Waals surface area contributed by atoms with Crippen LogP contribution in [0, 0.1) is 5.92 Å². The van der Waals surface area contributed by atoms with Gasteiger partial charge in [0.2, 0.25) is 0 Å². The van der Waals surface area contributed by atoms with E-state index in [4.69, 9.17) is 0 Å². The zero-order valence-electron chi connectivity index (χ0n) is 11.0. The van der Waals surface area contributed by atoms with Gasteiger partial charge in [-0.3, -0.25) is 4.98 Å². The summed E-state index contributed by atoms with van der Waals surface area (Å²) in [5.41, 5.74) is 3.97. The Labute approximate surface area is 118 Å². The quantitative estimate of drug-likeness (QED) is 0.696. The minimum absolute atomic E-state index is 0.110. The maximum absolute atomic E-state index is 4.30. The Hall–Kier alpha value is 0.870. The molecule has 4 unspecified atom stereocenters. The molecule has 1 heterocycles. The zero-order valence-corrected chi connectivity index (χ0v) is 15.2. The van der Waals surface area contributed by atoms with Gasteiger partial charge >= 0.3 is 0 Å². The molecule has 18 heavy (non-hydrogen) atoms. The monoisotopic (exact) mass is 317 g/mol. The number of hydrogen-bond donors (Lipinski definition) is 0. The number of pyridine rings is 1. The number of rotatable bonds is 5. The maximum Gasteiger partial charge on any atom is 0.0302 e. The summed E-state index contributed by atoms with van der Waals surface area (Å²) in [6.07, 6.45) is 10.7. The van der Waals surface area contributed by atoms with E-state index in [-0.39, 0.29) is 7.30 Å². The minimum Gasteiger partial charge on any atom is -0.264 e. The van der Waals surface area contributed by atoms with Crippen LogP contribution in [0.2, 0.25) is 0 Å². The number of nitrogens with zero attached hydrogens (tertiary/aromatic N) is 1. The second kappa shape index (κ2) is 7.60. The van der Waals surface area contributed by atoms with Gasteiger partial charge in [-0.25, -0.2) is 0 Å². The lowest BCUT2D eigenvalue weighted by molar-refractivity contribution is 0.422. The fourth-order valence-electron chi connectivity index (χ4n) is 2.83. The summed E-state index contributed by atoms with van der Waals surface area (Å²) in [6, 6.07) is 2.23. The van der Waals surface area contributed by atoms with Crippen LogP contribution in [0.3, 0.4) is 0 Å². The molecule has 0 bridgehead atoms. The van der Waals surface area contributed by atoms with Gasteiger partial charge < -0.3 is 0 Å². The molecule has 0 amide bonds. The molecule has 0 saturated heterocycles. The summed E-state index contributed by atoms with van der Waals surface area (Å²) in [7, 11) is 7.24. The van der Waals surface area contributed by atoms with Crippen LogP contribution in [0.15, 0.2) is 18.5 Å². The number of fused-ring (bicyclic) bond motifs is 1. The van der Waals surface area contributed by atoms with Crippen molar-refractivity contribution in [1.29, 1.82) is 0 Å². The highest BCUT2D eigenvalue weighted by molar-refractivity contribution is 8.61. The molecule has 0 saturated carbocycles. The van der Waals surface area contributed by atoms with E-state index in [1.54, 1.807) is 5.56 Å². The fraction of sp³-hybridized carbons (Fsp3) is 0.615. The van der Waals surface area contributed by atoms with Crippen LogP contribution in [0.4, 0.5) is 0 Å². The van der Waals surface area contributed by atoms with Gasteiger partial charge in [-0.1, -0.05) is 35.0 Å². The largest absolute Gasteiger partial charge is 0.264 e. The summed E-state index contributed by atoms with van der Waals surface area (Å²) < 4.78 is 0. The van der Waals surface area contributed by atoms with Gasteiger partial charge in [-0.15, -0.1) is 17.9 Å². The first kappa shape index (κ1) is 15.3. The summed E-state index contributed by atoms with van der Waals surface area (Å²) in [6.45, 7) is 2.30. The van der Waals surface area contributed by atoms with Crippen molar-refractivity contribution >= 4 is 33.1 Å². The smallest absolute Gasteiger partial charge is 0.0302 e. The zero-order chi connectivity index (χ0) is 13.0. The van der Waals surface area contributed by atoms with E-state index in [2.05, 4.69) is 42.0 Å². The van der Waals surface area contributed by atoms with Crippen molar-refractivity contribution in [3.8, 4) is 0 Å². The van der Waals surface area contributed by atoms with E-state index in [0.717, 1.165) is 19.5 Å². The molecule has 100 valence electrons. The van der Waals surface area contributed by atoms with Crippen LogP contribution in [0.5, 0.6) is 0 Å². The van der Waals surface area contributed by atoms with Crippen LogP contribution in [-0.4, -0.2) is 10.6 Å². The summed E-state index contributed by atoms with van der Waals surface area (Å²) in [5.74, 6) is 0.887. The molecule has 0 radical (unpaired) electrons. The van der Waals surface area contributed by atoms with Gasteiger partial charge in [0, 0.05) is 12.4 Å². The molecule has 1 aliphatic carbocycles. The third-order valence-electron chi connectivity index (χ3n) is 3.89. The second-order valence-electron chi connectivity index (χ2n) is 5.06. The van der Waals surface area contributed by atoms with Gasteiger partial charge in [0.15, 0.2) is 0 Å². The van der Waals surface area contributed by atoms with E-state index in [9.17, 15) is 0 Å². The molecule has 0 aliphatic heterocycles. The van der Waals surface area contributed by atoms with E-state index in [0.29, 0.717) is 0 Å². The highest BCUT2D eigenvalue weighted by atomic mass is 32.6. The summed E-state index contributed by atoms with van der Waals surface area (Å²) >= 11 is 0. The predicted octanol–water partition coefficient (Wildman–Crippen LogP) is 5.01. The summed E-state index contributed by atoms with van der Waals surface area (Å²) in [5, 5.41) is 0. The van der Waals surface area contributed by atoms with Crippen LogP contribution >= 0.6 is 33.1 Å². The average Bonchev–Trinajstić information content (AvgIpc) is 2.43. The average molecular weight is 317 g/mol. The van der Waals surface area contributed by atoms with Crippen LogP contribution in [0.25, 0.3) is 0 Å². The van der Waals surface area contributed by atoms with Gasteiger partial charge in [0.05, 0.1) is 0 Å². The molecule has 2 rings (SSSR count). The SMILES string of the molecule is CCCC[C@@H]1Cc2cnccc2C[C@@H]1P(P)PP. The topological polar surface area (TPSA) is 12.9 Å². The fourth-order valence-corrected chi connectivity index (χ4v) is 8.38. The predicted molar refractivity (Wildman–Crippen MR) is 93.1 cm³/mol. The molecule has 1 aliphatic rings. The number of aromatic nitrogens is 1. The van der Waals surface area contributed by atoms with Crippen molar-refractivity contribution in [2.45, 2.75) is 44.7 Å². The van der Waals surface area contributed by atoms with E-state index in [1.165, 1.54) is 37.7 Å². The first-order chi connectivity index (χ1) is 8.76. The Morgan fingerprint density at radius 1 is 1.44 bits per heavy atom. The first-order valence-electron chi connectivity index (χ1n) is 6.68. The molecule has 1 aromatic rings. The Bertz CT molecular complexity index is 385. The van der Waals surface area contributed by atoms with Crippen molar-refractivity contribution in [3.05, 3.63) is 29.6 Å². The van der Waals surface area contributed by atoms with Crippen molar-refractivity contribution in [2.75, 3.05) is 0 Å². The van der Waals surface area contributed by atoms with Crippen molar-refractivity contribution in [3.63, 3.8) is 0 Å². The van der Waals surface area contributed by atoms with Crippen molar-refractivity contribution < 1.29 is 0 Å². The molecule has 0 N–H and O–H groups in total. The van der Waals surface area contributed by atoms with E-state index >= 15 is 0 Å². The Morgan fingerprint density at radius 2 is 2.28 bits per heavy atom. The second-order valence-corrected chi connectivity index (χ2v) is 14.7. The maximum atomic E-state index is 4.30.